The zero-order chi connectivity index (χ0) is 15.5. The minimum absolute atomic E-state index is 0.134. The molecule has 1 fully saturated rings. The summed E-state index contributed by atoms with van der Waals surface area (Å²) in [4.78, 5) is 24.5. The Morgan fingerprint density at radius 2 is 2.10 bits per heavy atom. The molecule has 1 aliphatic carbocycles. The van der Waals surface area contributed by atoms with Gasteiger partial charge in [-0.05, 0) is 26.0 Å². The molecule has 2 rings (SSSR count). The standard InChI is InChI=1S/C14H20N2O4S/c1-15(10-11-5-6-12(21-11)16(19)20)14(9-13(17)18)7-3-2-4-8-14/h5-6H,2-4,7-10H2,1H3,(H,17,18). The number of carboxylic acids is 1. The average molecular weight is 312 g/mol. The fourth-order valence-corrected chi connectivity index (χ4v) is 4.01. The predicted octanol–water partition coefficient (Wildman–Crippen LogP) is 3.27. The van der Waals surface area contributed by atoms with E-state index in [-0.39, 0.29) is 21.9 Å². The molecule has 116 valence electrons. The molecule has 7 heteroatoms. The summed E-state index contributed by atoms with van der Waals surface area (Å²) in [5.41, 5.74) is -0.317. The number of hydrogen-bond donors (Lipinski definition) is 1. The molecular formula is C14H20N2O4S. The van der Waals surface area contributed by atoms with Crippen LogP contribution in [0.4, 0.5) is 5.00 Å². The van der Waals surface area contributed by atoms with Gasteiger partial charge in [0.1, 0.15) is 0 Å². The number of hydrogen-bond acceptors (Lipinski definition) is 5. The minimum atomic E-state index is -0.777. The number of aliphatic carboxylic acids is 1. The topological polar surface area (TPSA) is 83.7 Å². The van der Waals surface area contributed by atoms with Crippen molar-refractivity contribution in [3.8, 4) is 0 Å². The van der Waals surface area contributed by atoms with Gasteiger partial charge in [0.05, 0.1) is 11.3 Å². The maximum absolute atomic E-state index is 11.2. The Kier molecular flexibility index (Phi) is 4.95. The van der Waals surface area contributed by atoms with Crippen molar-refractivity contribution >= 4 is 22.3 Å². The normalized spacial score (nSPS) is 17.8. The van der Waals surface area contributed by atoms with Gasteiger partial charge in [0.25, 0.3) is 0 Å². The van der Waals surface area contributed by atoms with Crippen LogP contribution in [0.25, 0.3) is 0 Å². The molecule has 1 aromatic rings. The maximum atomic E-state index is 11.2. The van der Waals surface area contributed by atoms with Crippen LogP contribution in [0, 0.1) is 10.1 Å². The third-order valence-corrected chi connectivity index (χ3v) is 5.32. The van der Waals surface area contributed by atoms with Gasteiger partial charge in [0.15, 0.2) is 0 Å². The van der Waals surface area contributed by atoms with Crippen LogP contribution in [0.15, 0.2) is 12.1 Å². The first-order chi connectivity index (χ1) is 9.93. The Balaban J connectivity index is 2.11. The Bertz CT molecular complexity index is 523. The average Bonchev–Trinajstić information content (AvgIpc) is 2.87. The van der Waals surface area contributed by atoms with E-state index in [4.69, 9.17) is 0 Å². The van der Waals surface area contributed by atoms with Crippen molar-refractivity contribution in [2.75, 3.05) is 7.05 Å². The van der Waals surface area contributed by atoms with Crippen LogP contribution in [0.5, 0.6) is 0 Å². The fraction of sp³-hybridized carbons (Fsp3) is 0.643. The van der Waals surface area contributed by atoms with Gasteiger partial charge < -0.3 is 5.11 Å². The van der Waals surface area contributed by atoms with E-state index >= 15 is 0 Å². The summed E-state index contributed by atoms with van der Waals surface area (Å²) in [6.45, 7) is 0.561. The Morgan fingerprint density at radius 1 is 1.43 bits per heavy atom. The smallest absolute Gasteiger partial charge is 0.324 e. The van der Waals surface area contributed by atoms with Gasteiger partial charge in [-0.3, -0.25) is 19.8 Å². The molecule has 1 heterocycles. The van der Waals surface area contributed by atoms with Gasteiger partial charge in [-0.25, -0.2) is 0 Å². The van der Waals surface area contributed by atoms with Crippen molar-refractivity contribution < 1.29 is 14.8 Å². The molecule has 21 heavy (non-hydrogen) atoms. The molecule has 0 unspecified atom stereocenters. The highest BCUT2D eigenvalue weighted by Crippen LogP contribution is 2.37. The van der Waals surface area contributed by atoms with Gasteiger partial charge >= 0.3 is 11.0 Å². The van der Waals surface area contributed by atoms with Crippen LogP contribution in [0.1, 0.15) is 43.4 Å². The maximum Gasteiger partial charge on any atom is 0.324 e. The lowest BCUT2D eigenvalue weighted by Gasteiger charge is -2.43. The highest BCUT2D eigenvalue weighted by atomic mass is 32.1. The van der Waals surface area contributed by atoms with Crippen molar-refractivity contribution in [1.82, 2.24) is 4.90 Å². The highest BCUT2D eigenvalue weighted by Gasteiger charge is 2.38. The molecule has 0 aromatic carbocycles. The predicted molar refractivity (Wildman–Crippen MR) is 80.5 cm³/mol. The van der Waals surface area contributed by atoms with Crippen LogP contribution in [0.3, 0.4) is 0 Å². The van der Waals surface area contributed by atoms with Crippen molar-refractivity contribution in [2.45, 2.75) is 50.6 Å². The second kappa shape index (κ2) is 6.53. The molecular weight excluding hydrogens is 292 g/mol. The number of nitro groups is 1. The molecule has 0 bridgehead atoms. The number of rotatable bonds is 6. The largest absolute Gasteiger partial charge is 0.481 e. The number of carbonyl (C=O) groups is 1. The molecule has 1 saturated carbocycles. The Hall–Kier alpha value is -1.47. The zero-order valence-electron chi connectivity index (χ0n) is 12.1. The van der Waals surface area contributed by atoms with Gasteiger partial charge in [0.2, 0.25) is 0 Å². The summed E-state index contributed by atoms with van der Waals surface area (Å²) >= 11 is 1.16. The fourth-order valence-electron chi connectivity index (χ4n) is 3.14. The van der Waals surface area contributed by atoms with E-state index in [1.54, 1.807) is 6.07 Å². The Labute approximate surface area is 127 Å². The van der Waals surface area contributed by atoms with Crippen LogP contribution in [0.2, 0.25) is 0 Å². The number of thiophene rings is 1. The van der Waals surface area contributed by atoms with Crippen molar-refractivity contribution in [1.29, 1.82) is 0 Å². The monoisotopic (exact) mass is 312 g/mol. The summed E-state index contributed by atoms with van der Waals surface area (Å²) in [6, 6.07) is 3.27. The molecule has 0 saturated heterocycles. The van der Waals surface area contributed by atoms with Crippen molar-refractivity contribution in [2.24, 2.45) is 0 Å². The van der Waals surface area contributed by atoms with Crippen molar-refractivity contribution in [3.63, 3.8) is 0 Å². The third-order valence-electron chi connectivity index (χ3n) is 4.29. The number of nitrogens with zero attached hydrogens (tertiary/aromatic N) is 2. The second-order valence-corrected chi connectivity index (χ2v) is 6.86. The lowest BCUT2D eigenvalue weighted by molar-refractivity contribution is -0.380. The molecule has 0 atom stereocenters. The molecule has 1 N–H and O–H groups in total. The third kappa shape index (κ3) is 3.79. The number of carboxylic acid groups (broad SMARTS) is 1. The first-order valence-corrected chi connectivity index (χ1v) is 7.91. The van der Waals surface area contributed by atoms with E-state index in [9.17, 15) is 20.0 Å². The first-order valence-electron chi connectivity index (χ1n) is 7.09. The Morgan fingerprint density at radius 3 is 2.62 bits per heavy atom. The molecule has 6 nitrogen and oxygen atoms in total. The van der Waals surface area contributed by atoms with E-state index in [0.717, 1.165) is 48.3 Å². The summed E-state index contributed by atoms with van der Waals surface area (Å²) < 4.78 is 0. The highest BCUT2D eigenvalue weighted by molar-refractivity contribution is 7.15. The van der Waals surface area contributed by atoms with Gasteiger partial charge in [-0.1, -0.05) is 30.6 Å². The van der Waals surface area contributed by atoms with Crippen LogP contribution >= 0.6 is 11.3 Å². The van der Waals surface area contributed by atoms with Crippen LogP contribution in [-0.2, 0) is 11.3 Å². The van der Waals surface area contributed by atoms with Crippen LogP contribution < -0.4 is 0 Å². The molecule has 0 spiro atoms. The summed E-state index contributed by atoms with van der Waals surface area (Å²) in [5.74, 6) is -0.777. The van der Waals surface area contributed by atoms with Gasteiger partial charge in [0, 0.05) is 23.0 Å². The van der Waals surface area contributed by atoms with E-state index < -0.39 is 5.97 Å². The quantitative estimate of drug-likeness (QED) is 0.644. The first kappa shape index (κ1) is 15.9. The molecule has 1 aliphatic rings. The second-order valence-electron chi connectivity index (χ2n) is 5.71. The summed E-state index contributed by atoms with van der Waals surface area (Å²) in [5, 5.41) is 20.1. The molecule has 0 radical (unpaired) electrons. The minimum Gasteiger partial charge on any atom is -0.481 e. The van der Waals surface area contributed by atoms with Crippen LogP contribution in [-0.4, -0.2) is 33.5 Å². The molecule has 0 amide bonds. The lowest BCUT2D eigenvalue weighted by Crippen LogP contribution is -2.48. The van der Waals surface area contributed by atoms with Gasteiger partial charge in [-0.15, -0.1) is 0 Å². The van der Waals surface area contributed by atoms with E-state index in [1.165, 1.54) is 6.07 Å². The lowest BCUT2D eigenvalue weighted by atomic mass is 9.78. The zero-order valence-corrected chi connectivity index (χ0v) is 12.9. The van der Waals surface area contributed by atoms with Gasteiger partial charge in [-0.2, -0.15) is 0 Å². The van der Waals surface area contributed by atoms with E-state index in [2.05, 4.69) is 4.90 Å². The molecule has 0 aliphatic heterocycles. The summed E-state index contributed by atoms with van der Waals surface area (Å²) in [6.07, 6.45) is 5.13. The summed E-state index contributed by atoms with van der Waals surface area (Å²) in [7, 11) is 1.93. The van der Waals surface area contributed by atoms with E-state index in [0.29, 0.717) is 6.54 Å². The molecule has 1 aromatic heterocycles. The van der Waals surface area contributed by atoms with Crippen molar-refractivity contribution in [3.05, 3.63) is 27.1 Å². The van der Waals surface area contributed by atoms with E-state index in [1.807, 2.05) is 7.05 Å². The SMILES string of the molecule is CN(Cc1ccc([N+](=O)[O-])s1)C1(CC(=O)O)CCCCC1.